The van der Waals surface area contributed by atoms with Gasteiger partial charge in [-0.25, -0.2) is 27.2 Å². The van der Waals surface area contributed by atoms with E-state index in [0.717, 1.165) is 13.8 Å². The number of sulfone groups is 1. The van der Waals surface area contributed by atoms with Crippen LogP contribution < -0.4 is 4.74 Å². The van der Waals surface area contributed by atoms with Gasteiger partial charge in [0.15, 0.2) is 26.7 Å². The number of rotatable bonds is 10. The largest absolute Gasteiger partial charge is 0.483 e. The molecule has 0 N–H and O–H groups in total. The van der Waals surface area contributed by atoms with Gasteiger partial charge >= 0.3 is 0 Å². The average Bonchev–Trinajstić information content (AvgIpc) is 3.05. The van der Waals surface area contributed by atoms with E-state index in [0.29, 0.717) is 0 Å². The molecule has 14 heteroatoms. The molecule has 0 saturated carbocycles. The summed E-state index contributed by atoms with van der Waals surface area (Å²) >= 11 is 0. The van der Waals surface area contributed by atoms with E-state index in [-0.39, 0.29) is 33.6 Å². The zero-order chi connectivity index (χ0) is 28.1. The van der Waals surface area contributed by atoms with Gasteiger partial charge in [-0.1, -0.05) is 39.3 Å². The zero-order valence-corrected chi connectivity index (χ0v) is 24.5. The lowest BCUT2D eigenvalue weighted by atomic mass is 9.60. The first-order valence-corrected chi connectivity index (χ1v) is 13.8. The van der Waals surface area contributed by atoms with Crippen LogP contribution in [0.1, 0.15) is 47.2 Å². The molecule has 6 nitrogen and oxygen atoms in total. The number of hydrogen-bond acceptors (Lipinski definition) is 5. The second kappa shape index (κ2) is 9.81. The minimum Gasteiger partial charge on any atom is -0.483 e. The Labute approximate surface area is 216 Å². The molecular weight excluding hydrogens is 535 g/mol. The quantitative estimate of drug-likeness (QED) is 0.228. The lowest BCUT2D eigenvalue weighted by Gasteiger charge is -2.42. The van der Waals surface area contributed by atoms with Crippen LogP contribution in [-0.4, -0.2) is 58.9 Å². The standard InChI is InChI=1S/C22H32BF4N3O3P2S/c1-8-36(31,32)15-9-14(33-19(4,5)20(6,24)34)12-28-16(15)17-29-11-13(30(17)7)10-21(25,18(2,3)23)22(26,27)35/h9,11-12H,8,10,34-35H2,1-7H3. The molecule has 0 fully saturated rings. The summed E-state index contributed by atoms with van der Waals surface area (Å²) in [6, 6.07) is 1.22. The third-order valence-corrected chi connectivity index (χ3v) is 9.26. The molecule has 0 bridgehead atoms. The van der Waals surface area contributed by atoms with E-state index in [1.54, 1.807) is 0 Å². The molecule has 0 saturated heterocycles. The Morgan fingerprint density at radius 1 is 1.06 bits per heavy atom. The van der Waals surface area contributed by atoms with Crippen molar-refractivity contribution in [3.8, 4) is 17.3 Å². The molecule has 36 heavy (non-hydrogen) atoms. The van der Waals surface area contributed by atoms with Gasteiger partial charge in [0, 0.05) is 31.4 Å². The molecule has 0 aliphatic carbocycles. The maximum atomic E-state index is 15.6. The molecular formula is C22H32BF4N3O3P2S. The van der Waals surface area contributed by atoms with Crippen molar-refractivity contribution >= 4 is 36.2 Å². The number of nitrogens with zero attached hydrogens (tertiary/aromatic N) is 3. The van der Waals surface area contributed by atoms with Crippen molar-refractivity contribution in [3.63, 3.8) is 0 Å². The number of hydrogen-bond donors (Lipinski definition) is 0. The first-order valence-electron chi connectivity index (χ1n) is 11.0. The second-order valence-corrected chi connectivity index (χ2v) is 14.1. The lowest BCUT2D eigenvalue weighted by Crippen LogP contribution is -2.50. The first-order chi connectivity index (χ1) is 16.0. The minimum atomic E-state index is -3.89. The van der Waals surface area contributed by atoms with E-state index in [9.17, 15) is 21.6 Å². The summed E-state index contributed by atoms with van der Waals surface area (Å²) < 4.78 is 91.6. The van der Waals surface area contributed by atoms with Crippen LogP contribution in [0.15, 0.2) is 23.4 Å². The summed E-state index contributed by atoms with van der Waals surface area (Å²) in [6.45, 7) is 8.04. The fourth-order valence-corrected chi connectivity index (χ4v) is 4.87. The zero-order valence-electron chi connectivity index (χ0n) is 21.4. The molecule has 0 aliphatic heterocycles. The van der Waals surface area contributed by atoms with Crippen LogP contribution in [0.25, 0.3) is 11.5 Å². The maximum absolute atomic E-state index is 15.6. The number of alkyl halides is 4. The van der Waals surface area contributed by atoms with Gasteiger partial charge in [0.2, 0.25) is 0 Å². The van der Waals surface area contributed by atoms with Gasteiger partial charge in [-0.2, -0.15) is 8.78 Å². The van der Waals surface area contributed by atoms with Crippen LogP contribution in [0.2, 0.25) is 5.31 Å². The summed E-state index contributed by atoms with van der Waals surface area (Å²) in [6.07, 6.45) is 1.59. The Balaban J connectivity index is 2.65. The molecule has 2 aromatic rings. The summed E-state index contributed by atoms with van der Waals surface area (Å²) in [5.41, 5.74) is -8.42. The molecule has 2 heterocycles. The fourth-order valence-electron chi connectivity index (χ4n) is 3.29. The van der Waals surface area contributed by atoms with Crippen LogP contribution in [0.5, 0.6) is 5.75 Å². The van der Waals surface area contributed by atoms with Gasteiger partial charge < -0.3 is 9.30 Å². The van der Waals surface area contributed by atoms with E-state index >= 15 is 4.39 Å². The van der Waals surface area contributed by atoms with E-state index < -0.39 is 43.9 Å². The molecule has 2 aromatic heterocycles. The number of aromatic nitrogens is 3. The Morgan fingerprint density at radius 2 is 1.61 bits per heavy atom. The predicted octanol–water partition coefficient (Wildman–Crippen LogP) is 5.08. The van der Waals surface area contributed by atoms with Crippen LogP contribution in [-0.2, 0) is 23.3 Å². The summed E-state index contributed by atoms with van der Waals surface area (Å²) in [5, 5.41) is -3.77. The molecule has 0 spiro atoms. The SMILES string of the molecule is [B]C(C)(C)C(F)(Cc1cnc(-c2ncc(OC(C)(C)C(C)(F)P)cc2S(=O)(=O)CC)n1C)C(F)(F)P. The normalized spacial score (nSPS) is 16.9. The van der Waals surface area contributed by atoms with Crippen LogP contribution >= 0.6 is 18.5 Å². The van der Waals surface area contributed by atoms with Gasteiger partial charge in [-0.05, 0) is 26.1 Å². The van der Waals surface area contributed by atoms with Crippen molar-refractivity contribution in [1.82, 2.24) is 14.5 Å². The smallest absolute Gasteiger partial charge is 0.292 e. The van der Waals surface area contributed by atoms with Crippen molar-refractivity contribution in [3.05, 3.63) is 24.2 Å². The summed E-state index contributed by atoms with van der Waals surface area (Å²) in [7, 11) is 6.55. The molecule has 200 valence electrons. The van der Waals surface area contributed by atoms with E-state index in [2.05, 4.69) is 9.97 Å². The molecule has 4 unspecified atom stereocenters. The van der Waals surface area contributed by atoms with Crippen LogP contribution in [0.4, 0.5) is 17.6 Å². The monoisotopic (exact) mass is 567 g/mol. The van der Waals surface area contributed by atoms with Crippen LogP contribution in [0.3, 0.4) is 0 Å². The van der Waals surface area contributed by atoms with Crippen molar-refractivity contribution in [2.75, 3.05) is 5.75 Å². The van der Waals surface area contributed by atoms with Gasteiger partial charge in [-0.3, -0.25) is 0 Å². The van der Waals surface area contributed by atoms with Crippen molar-refractivity contribution in [2.45, 2.75) is 80.5 Å². The molecule has 0 aromatic carbocycles. The number of ether oxygens (including phenoxy) is 1. The molecule has 2 radical (unpaired) electrons. The Bertz CT molecular complexity index is 1210. The third-order valence-electron chi connectivity index (χ3n) is 6.36. The highest BCUT2D eigenvalue weighted by Gasteiger charge is 2.58. The van der Waals surface area contributed by atoms with Crippen molar-refractivity contribution in [2.24, 2.45) is 7.05 Å². The molecule has 2 rings (SSSR count). The van der Waals surface area contributed by atoms with Gasteiger partial charge in [0.05, 0.1) is 19.8 Å². The third kappa shape index (κ3) is 5.91. The summed E-state index contributed by atoms with van der Waals surface area (Å²) in [4.78, 5) is 8.12. The first kappa shape index (κ1) is 31.0. The van der Waals surface area contributed by atoms with Crippen molar-refractivity contribution in [1.29, 1.82) is 0 Å². The average molecular weight is 567 g/mol. The molecule has 0 amide bonds. The maximum Gasteiger partial charge on any atom is 0.292 e. The Kier molecular flexibility index (Phi) is 8.44. The van der Waals surface area contributed by atoms with Gasteiger partial charge in [0.1, 0.15) is 21.9 Å². The highest BCUT2D eigenvalue weighted by Crippen LogP contribution is 2.53. The predicted molar refractivity (Wildman–Crippen MR) is 140 cm³/mol. The summed E-state index contributed by atoms with van der Waals surface area (Å²) in [5.74, 6) is -0.273. The molecule has 0 aliphatic rings. The second-order valence-electron chi connectivity index (χ2n) is 10.1. The van der Waals surface area contributed by atoms with Gasteiger partial charge in [-0.15, -0.1) is 0 Å². The van der Waals surface area contributed by atoms with E-state index in [4.69, 9.17) is 12.6 Å². The van der Waals surface area contributed by atoms with Crippen LogP contribution in [0, 0.1) is 0 Å². The topological polar surface area (TPSA) is 74.1 Å². The van der Waals surface area contributed by atoms with E-state index in [1.807, 2.05) is 9.24 Å². The fraction of sp³-hybridized carbons (Fsp3) is 0.636. The Hall–Kier alpha value is -1.25. The Morgan fingerprint density at radius 3 is 2.06 bits per heavy atom. The molecule has 4 atom stereocenters. The van der Waals surface area contributed by atoms with E-state index in [1.165, 1.54) is 67.0 Å². The minimum absolute atomic E-state index is 0.00633. The number of halogens is 4. The lowest BCUT2D eigenvalue weighted by molar-refractivity contribution is -0.0874. The number of imidazole rings is 1. The number of pyridine rings is 1. The van der Waals surface area contributed by atoms with Gasteiger partial charge in [0.25, 0.3) is 5.66 Å². The highest BCUT2D eigenvalue weighted by atomic mass is 32.2. The highest BCUT2D eigenvalue weighted by molar-refractivity contribution is 7.91. The van der Waals surface area contributed by atoms with Crippen molar-refractivity contribution < 1.29 is 30.7 Å².